The van der Waals surface area contributed by atoms with Gasteiger partial charge in [0.2, 0.25) is 0 Å². The lowest BCUT2D eigenvalue weighted by Crippen LogP contribution is -2.30. The predicted octanol–water partition coefficient (Wildman–Crippen LogP) is 16.0. The normalized spacial score (nSPS) is 12.1. The third-order valence-corrected chi connectivity index (χ3v) is 10.9. The van der Waals surface area contributed by atoms with Crippen LogP contribution in [0.1, 0.15) is 265 Å². The van der Waals surface area contributed by atoms with E-state index in [1.807, 2.05) is 0 Å². The van der Waals surface area contributed by atoms with Gasteiger partial charge in [0.25, 0.3) is 0 Å². The molecule has 1 unspecified atom stereocenters. The van der Waals surface area contributed by atoms with Gasteiger partial charge in [-0.2, -0.15) is 0 Å². The zero-order valence-electron chi connectivity index (χ0n) is 38.1. The van der Waals surface area contributed by atoms with E-state index in [9.17, 15) is 14.4 Å². The summed E-state index contributed by atoms with van der Waals surface area (Å²) in [6.45, 7) is 6.56. The molecule has 0 radical (unpaired) electrons. The Morgan fingerprint density at radius 3 is 1.04 bits per heavy atom. The molecule has 0 rings (SSSR count). The molecule has 0 aliphatic heterocycles. The van der Waals surface area contributed by atoms with Crippen molar-refractivity contribution >= 4 is 17.9 Å². The van der Waals surface area contributed by atoms with Gasteiger partial charge in [0.15, 0.2) is 6.10 Å². The van der Waals surface area contributed by atoms with Gasteiger partial charge >= 0.3 is 17.9 Å². The van der Waals surface area contributed by atoms with Crippen LogP contribution in [0.2, 0.25) is 0 Å². The third kappa shape index (κ3) is 44.8. The van der Waals surface area contributed by atoms with E-state index in [-0.39, 0.29) is 31.1 Å². The molecule has 0 N–H and O–H groups in total. The number of unbranched alkanes of at least 4 members (excludes halogenated alkanes) is 30. The average Bonchev–Trinajstić information content (AvgIpc) is 3.21. The molecular weight excluding hydrogens is 709 g/mol. The Balaban J connectivity index is 4.29. The molecule has 0 aromatic carbocycles. The van der Waals surface area contributed by atoms with Crippen molar-refractivity contribution in [3.05, 3.63) is 24.3 Å². The number of hydrogen-bond donors (Lipinski definition) is 0. The monoisotopic (exact) mass is 803 g/mol. The van der Waals surface area contributed by atoms with Gasteiger partial charge in [-0.1, -0.05) is 225 Å². The fourth-order valence-electron chi connectivity index (χ4n) is 7.19. The molecule has 0 bridgehead atoms. The Bertz CT molecular complexity index is 927. The Kier molecular flexibility index (Phi) is 44.9. The highest BCUT2D eigenvalue weighted by atomic mass is 16.6. The average molecular weight is 803 g/mol. The lowest BCUT2D eigenvalue weighted by Gasteiger charge is -2.18. The summed E-state index contributed by atoms with van der Waals surface area (Å²) in [5.74, 6) is -0.879. The van der Waals surface area contributed by atoms with Gasteiger partial charge in [0.05, 0.1) is 0 Å². The number of ether oxygens (including phenoxy) is 3. The van der Waals surface area contributed by atoms with E-state index in [4.69, 9.17) is 14.2 Å². The molecule has 0 fully saturated rings. The Hall–Kier alpha value is -2.11. The number of esters is 3. The van der Waals surface area contributed by atoms with E-state index in [1.54, 1.807) is 0 Å². The van der Waals surface area contributed by atoms with Crippen LogP contribution < -0.4 is 0 Å². The molecule has 0 spiro atoms. The quantitative estimate of drug-likeness (QED) is 0.0264. The zero-order chi connectivity index (χ0) is 41.5. The molecule has 6 nitrogen and oxygen atoms in total. The van der Waals surface area contributed by atoms with Gasteiger partial charge in [-0.3, -0.25) is 14.4 Å². The Labute approximate surface area is 353 Å². The van der Waals surface area contributed by atoms with Crippen LogP contribution in [0.3, 0.4) is 0 Å². The van der Waals surface area contributed by atoms with Gasteiger partial charge < -0.3 is 14.2 Å². The maximum Gasteiger partial charge on any atom is 0.306 e. The van der Waals surface area contributed by atoms with Crippen molar-refractivity contribution in [2.75, 3.05) is 13.2 Å². The summed E-state index contributed by atoms with van der Waals surface area (Å²) in [6.07, 6.45) is 51.6. The van der Waals surface area contributed by atoms with Crippen LogP contribution in [0.5, 0.6) is 0 Å². The van der Waals surface area contributed by atoms with E-state index < -0.39 is 6.10 Å². The summed E-state index contributed by atoms with van der Waals surface area (Å²) in [5, 5.41) is 0. The Morgan fingerprint density at radius 2 is 0.667 bits per heavy atom. The van der Waals surface area contributed by atoms with Crippen LogP contribution in [0.15, 0.2) is 24.3 Å². The lowest BCUT2D eigenvalue weighted by atomic mass is 10.0. The second-order valence-electron chi connectivity index (χ2n) is 16.7. The predicted molar refractivity (Wildman–Crippen MR) is 243 cm³/mol. The smallest absolute Gasteiger partial charge is 0.306 e. The van der Waals surface area contributed by atoms with Crippen LogP contribution in [0, 0.1) is 0 Å². The van der Waals surface area contributed by atoms with E-state index in [1.165, 1.54) is 135 Å². The van der Waals surface area contributed by atoms with E-state index in [0.29, 0.717) is 19.3 Å². The number of hydrogen-bond acceptors (Lipinski definition) is 6. The highest BCUT2D eigenvalue weighted by molar-refractivity contribution is 5.71. The maximum atomic E-state index is 12.7. The third-order valence-electron chi connectivity index (χ3n) is 10.9. The molecular formula is C51H94O6. The van der Waals surface area contributed by atoms with Crippen LogP contribution in [-0.4, -0.2) is 37.2 Å². The zero-order valence-corrected chi connectivity index (χ0v) is 38.1. The molecule has 334 valence electrons. The minimum absolute atomic E-state index is 0.0727. The fraction of sp³-hybridized carbons (Fsp3) is 0.863. The lowest BCUT2D eigenvalue weighted by molar-refractivity contribution is -0.167. The molecule has 57 heavy (non-hydrogen) atoms. The summed E-state index contributed by atoms with van der Waals surface area (Å²) in [6, 6.07) is 0. The SMILES string of the molecule is CCC/C=C\C/C=C\CCCCCCCC(=O)OC(COC(=O)CCCCCCCCCCC)COC(=O)CCCCCCCCCCCCCCCCCCC. The first-order valence-electron chi connectivity index (χ1n) is 24.8. The summed E-state index contributed by atoms with van der Waals surface area (Å²) < 4.78 is 16.7. The molecule has 0 amide bonds. The van der Waals surface area contributed by atoms with Gasteiger partial charge in [-0.25, -0.2) is 0 Å². The summed E-state index contributed by atoms with van der Waals surface area (Å²) >= 11 is 0. The number of carbonyl (C=O) groups is 3. The number of allylic oxidation sites excluding steroid dienone is 4. The van der Waals surface area contributed by atoms with Crippen molar-refractivity contribution in [1.82, 2.24) is 0 Å². The van der Waals surface area contributed by atoms with Crippen LogP contribution in [0.25, 0.3) is 0 Å². The van der Waals surface area contributed by atoms with E-state index in [2.05, 4.69) is 45.1 Å². The molecule has 0 aromatic heterocycles. The maximum absolute atomic E-state index is 12.7. The first kappa shape index (κ1) is 54.9. The molecule has 1 atom stereocenters. The van der Waals surface area contributed by atoms with Gasteiger partial charge in [-0.05, 0) is 44.9 Å². The summed E-state index contributed by atoms with van der Waals surface area (Å²) in [5.41, 5.74) is 0. The van der Waals surface area contributed by atoms with Crippen molar-refractivity contribution in [1.29, 1.82) is 0 Å². The molecule has 0 aliphatic rings. The van der Waals surface area contributed by atoms with Crippen LogP contribution in [0.4, 0.5) is 0 Å². The van der Waals surface area contributed by atoms with E-state index >= 15 is 0 Å². The van der Waals surface area contributed by atoms with Gasteiger partial charge in [0.1, 0.15) is 13.2 Å². The van der Waals surface area contributed by atoms with Gasteiger partial charge in [-0.15, -0.1) is 0 Å². The van der Waals surface area contributed by atoms with Crippen molar-refractivity contribution in [3.8, 4) is 0 Å². The van der Waals surface area contributed by atoms with Gasteiger partial charge in [0, 0.05) is 19.3 Å². The minimum Gasteiger partial charge on any atom is -0.462 e. The standard InChI is InChI=1S/C51H94O6/c1-4-7-10-13-16-19-21-23-24-25-26-28-29-32-35-38-41-44-50(53)56-47-48(46-55-49(52)43-40-37-34-31-18-15-12-9-6-3)57-51(54)45-42-39-36-33-30-27-22-20-17-14-11-8-5-2/h11,14,20,22,48H,4-10,12-13,15-19,21,23-47H2,1-3H3/b14-11-,22-20-. The molecule has 6 heteroatoms. The summed E-state index contributed by atoms with van der Waals surface area (Å²) in [7, 11) is 0. The largest absolute Gasteiger partial charge is 0.462 e. The molecule has 0 heterocycles. The second-order valence-corrected chi connectivity index (χ2v) is 16.7. The molecule has 0 aromatic rings. The molecule has 0 saturated carbocycles. The highest BCUT2D eigenvalue weighted by Gasteiger charge is 2.19. The highest BCUT2D eigenvalue weighted by Crippen LogP contribution is 2.16. The Morgan fingerprint density at radius 1 is 0.351 bits per heavy atom. The molecule has 0 aliphatic carbocycles. The second kappa shape index (κ2) is 46.6. The van der Waals surface area contributed by atoms with Crippen molar-refractivity contribution in [3.63, 3.8) is 0 Å². The molecule has 0 saturated heterocycles. The van der Waals surface area contributed by atoms with Crippen molar-refractivity contribution in [2.24, 2.45) is 0 Å². The first-order chi connectivity index (χ1) is 28.0. The number of carbonyl (C=O) groups excluding carboxylic acids is 3. The van der Waals surface area contributed by atoms with E-state index in [0.717, 1.165) is 89.9 Å². The van der Waals surface area contributed by atoms with Crippen LogP contribution >= 0.6 is 0 Å². The number of rotatable bonds is 45. The van der Waals surface area contributed by atoms with Crippen molar-refractivity contribution in [2.45, 2.75) is 271 Å². The topological polar surface area (TPSA) is 78.9 Å². The summed E-state index contributed by atoms with van der Waals surface area (Å²) in [4.78, 5) is 37.8. The minimum atomic E-state index is -0.771. The fourth-order valence-corrected chi connectivity index (χ4v) is 7.19. The van der Waals surface area contributed by atoms with Crippen molar-refractivity contribution < 1.29 is 28.6 Å². The van der Waals surface area contributed by atoms with Crippen LogP contribution in [-0.2, 0) is 28.6 Å². The first-order valence-corrected chi connectivity index (χ1v) is 24.8.